The Morgan fingerprint density at radius 2 is 2.27 bits per heavy atom. The third-order valence-electron chi connectivity index (χ3n) is 2.16. The van der Waals surface area contributed by atoms with E-state index >= 15 is 0 Å². The predicted molar refractivity (Wildman–Crippen MR) is 39.8 cm³/mol. The Kier molecular flexibility index (Phi) is 2.82. The van der Waals surface area contributed by atoms with E-state index < -0.39 is 0 Å². The maximum absolute atomic E-state index is 10.1. The van der Waals surface area contributed by atoms with Crippen molar-refractivity contribution in [1.29, 1.82) is 0 Å². The molecule has 0 saturated heterocycles. The second-order valence-corrected chi connectivity index (χ2v) is 3.20. The van der Waals surface area contributed by atoms with E-state index in [1.165, 1.54) is 0 Å². The largest absolute Gasteiger partial charge is 0.393 e. The van der Waals surface area contributed by atoms with Gasteiger partial charge in [0.05, 0.1) is 6.10 Å². The minimum absolute atomic E-state index is 0.0249. The van der Waals surface area contributed by atoms with Gasteiger partial charge in [-0.1, -0.05) is 6.42 Å². The molecular weight excluding hydrogens is 146 g/mol. The van der Waals surface area contributed by atoms with Crippen LogP contribution in [0.2, 0.25) is 0 Å². The molecule has 0 bridgehead atoms. The lowest BCUT2D eigenvalue weighted by Crippen LogP contribution is -2.24. The van der Waals surface area contributed by atoms with E-state index in [4.69, 9.17) is 5.11 Å². The number of nitro groups is 1. The molecule has 2 atom stereocenters. The van der Waals surface area contributed by atoms with Crippen LogP contribution in [0.5, 0.6) is 0 Å². The maximum Gasteiger partial charge on any atom is 0.206 e. The summed E-state index contributed by atoms with van der Waals surface area (Å²) in [5, 5.41) is 19.3. The first kappa shape index (κ1) is 8.46. The first-order chi connectivity index (χ1) is 5.18. The monoisotopic (exact) mass is 159 g/mol. The fourth-order valence-corrected chi connectivity index (χ4v) is 1.64. The summed E-state index contributed by atoms with van der Waals surface area (Å²) in [5.74, 6) is 0.105. The van der Waals surface area contributed by atoms with Crippen molar-refractivity contribution < 1.29 is 10.0 Å². The smallest absolute Gasteiger partial charge is 0.206 e. The fourth-order valence-electron chi connectivity index (χ4n) is 1.64. The first-order valence-electron chi connectivity index (χ1n) is 3.98. The Bertz CT molecular complexity index is 149. The van der Waals surface area contributed by atoms with Gasteiger partial charge in [0.25, 0.3) is 0 Å². The average Bonchev–Trinajstić information content (AvgIpc) is 1.85. The third kappa shape index (κ3) is 2.84. The Hall–Kier alpha value is -0.640. The summed E-state index contributed by atoms with van der Waals surface area (Å²) in [6.45, 7) is 0.0249. The number of nitrogens with zero attached hydrogens (tertiary/aromatic N) is 1. The number of hydrogen-bond acceptors (Lipinski definition) is 3. The number of aliphatic hydroxyl groups excluding tert-OH is 1. The summed E-state index contributed by atoms with van der Waals surface area (Å²) >= 11 is 0. The molecule has 0 radical (unpaired) electrons. The van der Waals surface area contributed by atoms with E-state index in [0.29, 0.717) is 6.42 Å². The van der Waals surface area contributed by atoms with Crippen LogP contribution in [0.25, 0.3) is 0 Å². The van der Waals surface area contributed by atoms with Crippen LogP contribution >= 0.6 is 0 Å². The van der Waals surface area contributed by atoms with Crippen LogP contribution in [0, 0.1) is 16.0 Å². The zero-order valence-corrected chi connectivity index (χ0v) is 6.40. The average molecular weight is 159 g/mol. The molecule has 1 saturated carbocycles. The Balaban J connectivity index is 2.28. The van der Waals surface area contributed by atoms with E-state index in [0.717, 1.165) is 19.3 Å². The van der Waals surface area contributed by atoms with Crippen LogP contribution in [0.3, 0.4) is 0 Å². The van der Waals surface area contributed by atoms with E-state index in [1.54, 1.807) is 0 Å². The second kappa shape index (κ2) is 3.67. The summed E-state index contributed by atoms with van der Waals surface area (Å²) in [6, 6.07) is 0. The molecule has 64 valence electrons. The lowest BCUT2D eigenvalue weighted by molar-refractivity contribution is -0.489. The van der Waals surface area contributed by atoms with Crippen LogP contribution in [0.4, 0.5) is 0 Å². The highest BCUT2D eigenvalue weighted by atomic mass is 16.6. The standard InChI is InChI=1S/C7H13NO3/c9-7-3-1-2-6(4-7)5-8(10)11/h6-7,9H,1-5H2. The Labute approximate surface area is 65.4 Å². The van der Waals surface area contributed by atoms with E-state index in [9.17, 15) is 10.1 Å². The van der Waals surface area contributed by atoms with Crippen LogP contribution in [0.15, 0.2) is 0 Å². The minimum Gasteiger partial charge on any atom is -0.393 e. The molecule has 0 heterocycles. The molecule has 0 spiro atoms. The minimum atomic E-state index is -0.298. The van der Waals surface area contributed by atoms with Crippen molar-refractivity contribution in [2.45, 2.75) is 31.8 Å². The number of hydrogen-bond donors (Lipinski definition) is 1. The van der Waals surface area contributed by atoms with Crippen molar-refractivity contribution in [3.63, 3.8) is 0 Å². The van der Waals surface area contributed by atoms with Gasteiger partial charge in [-0.2, -0.15) is 0 Å². The SMILES string of the molecule is O=[N+]([O-])CC1CCCC(O)C1. The van der Waals surface area contributed by atoms with Crippen LogP contribution < -0.4 is 0 Å². The van der Waals surface area contributed by atoms with Gasteiger partial charge >= 0.3 is 0 Å². The molecule has 0 aromatic rings. The van der Waals surface area contributed by atoms with Gasteiger partial charge in [-0.25, -0.2) is 0 Å². The van der Waals surface area contributed by atoms with Gasteiger partial charge in [0.15, 0.2) is 0 Å². The van der Waals surface area contributed by atoms with Crippen LogP contribution in [0.1, 0.15) is 25.7 Å². The predicted octanol–water partition coefficient (Wildman–Crippen LogP) is 0.814. The molecule has 11 heavy (non-hydrogen) atoms. The molecule has 0 aromatic heterocycles. The molecule has 1 N–H and O–H groups in total. The van der Waals surface area contributed by atoms with Crippen LogP contribution in [-0.2, 0) is 0 Å². The number of aliphatic hydroxyl groups is 1. The Morgan fingerprint density at radius 1 is 1.55 bits per heavy atom. The number of rotatable bonds is 2. The van der Waals surface area contributed by atoms with Gasteiger partial charge in [0.2, 0.25) is 6.54 Å². The van der Waals surface area contributed by atoms with Gasteiger partial charge in [-0.3, -0.25) is 10.1 Å². The van der Waals surface area contributed by atoms with Crippen molar-refractivity contribution in [3.05, 3.63) is 10.1 Å². The van der Waals surface area contributed by atoms with Crippen molar-refractivity contribution in [2.75, 3.05) is 6.54 Å². The van der Waals surface area contributed by atoms with Crippen molar-refractivity contribution in [2.24, 2.45) is 5.92 Å². The molecule has 0 aromatic carbocycles. The fraction of sp³-hybridized carbons (Fsp3) is 1.00. The molecule has 2 unspecified atom stereocenters. The summed E-state index contributed by atoms with van der Waals surface area (Å²) in [4.78, 5) is 9.81. The molecule has 0 aliphatic heterocycles. The van der Waals surface area contributed by atoms with Crippen molar-refractivity contribution >= 4 is 0 Å². The molecule has 1 rings (SSSR count). The Morgan fingerprint density at radius 3 is 2.82 bits per heavy atom. The van der Waals surface area contributed by atoms with Gasteiger partial charge in [-0.15, -0.1) is 0 Å². The highest BCUT2D eigenvalue weighted by Crippen LogP contribution is 2.23. The summed E-state index contributed by atoms with van der Waals surface area (Å²) in [5.41, 5.74) is 0. The molecule has 4 heteroatoms. The zero-order valence-electron chi connectivity index (χ0n) is 6.40. The van der Waals surface area contributed by atoms with E-state index in [1.807, 2.05) is 0 Å². The summed E-state index contributed by atoms with van der Waals surface area (Å²) in [6.07, 6.45) is 2.96. The zero-order chi connectivity index (χ0) is 8.27. The lowest BCUT2D eigenvalue weighted by atomic mass is 9.87. The molecule has 4 nitrogen and oxygen atoms in total. The topological polar surface area (TPSA) is 63.4 Å². The van der Waals surface area contributed by atoms with Crippen molar-refractivity contribution in [1.82, 2.24) is 0 Å². The molecule has 1 aliphatic rings. The highest BCUT2D eigenvalue weighted by Gasteiger charge is 2.23. The normalized spacial score (nSPS) is 31.7. The van der Waals surface area contributed by atoms with Crippen molar-refractivity contribution in [3.8, 4) is 0 Å². The molecule has 1 fully saturated rings. The van der Waals surface area contributed by atoms with E-state index in [-0.39, 0.29) is 23.5 Å². The van der Waals surface area contributed by atoms with Gasteiger partial charge in [0.1, 0.15) is 0 Å². The van der Waals surface area contributed by atoms with Crippen LogP contribution in [-0.4, -0.2) is 22.7 Å². The van der Waals surface area contributed by atoms with Gasteiger partial charge < -0.3 is 5.11 Å². The summed E-state index contributed by atoms with van der Waals surface area (Å²) < 4.78 is 0. The lowest BCUT2D eigenvalue weighted by Gasteiger charge is -2.22. The molecular formula is C7H13NO3. The first-order valence-corrected chi connectivity index (χ1v) is 3.98. The van der Waals surface area contributed by atoms with Gasteiger partial charge in [-0.05, 0) is 19.3 Å². The summed E-state index contributed by atoms with van der Waals surface area (Å²) in [7, 11) is 0. The second-order valence-electron chi connectivity index (χ2n) is 3.20. The maximum atomic E-state index is 10.1. The third-order valence-corrected chi connectivity index (χ3v) is 2.16. The highest BCUT2D eigenvalue weighted by molar-refractivity contribution is 4.71. The van der Waals surface area contributed by atoms with E-state index in [2.05, 4.69) is 0 Å². The molecule has 0 amide bonds. The quantitative estimate of drug-likeness (QED) is 0.479. The molecule has 1 aliphatic carbocycles. The van der Waals surface area contributed by atoms with Gasteiger partial charge in [0, 0.05) is 10.8 Å².